The minimum Gasteiger partial charge on any atom is -0.454 e. The van der Waals surface area contributed by atoms with Crippen molar-refractivity contribution in [1.29, 1.82) is 0 Å². The van der Waals surface area contributed by atoms with Gasteiger partial charge in [-0.25, -0.2) is 0 Å². The molecular formula is C16H21BrN2O5. The summed E-state index contributed by atoms with van der Waals surface area (Å²) in [6, 6.07) is 3.06. The largest absolute Gasteiger partial charge is 0.454 e. The van der Waals surface area contributed by atoms with Gasteiger partial charge in [0.1, 0.15) is 6.54 Å². The maximum Gasteiger partial charge on any atom is 0.325 e. The van der Waals surface area contributed by atoms with E-state index in [9.17, 15) is 14.4 Å². The Balaban J connectivity index is 1.71. The fourth-order valence-corrected chi connectivity index (χ4v) is 3.13. The molecule has 0 saturated carbocycles. The molecular weight excluding hydrogens is 380 g/mol. The third kappa shape index (κ3) is 5.36. The van der Waals surface area contributed by atoms with Crippen molar-refractivity contribution in [3.63, 3.8) is 0 Å². The first-order chi connectivity index (χ1) is 11.3. The minimum atomic E-state index is -0.666. The minimum absolute atomic E-state index is 0.0852. The van der Waals surface area contributed by atoms with Crippen LogP contribution in [-0.2, 0) is 14.3 Å². The lowest BCUT2D eigenvalue weighted by Crippen LogP contribution is -2.44. The summed E-state index contributed by atoms with van der Waals surface area (Å²) in [5, 5.41) is 2.38. The van der Waals surface area contributed by atoms with Gasteiger partial charge in [0.05, 0.1) is 0 Å². The number of hydrogen-bond acceptors (Lipinski definition) is 5. The van der Waals surface area contributed by atoms with Crippen LogP contribution >= 0.6 is 15.9 Å². The molecule has 0 spiro atoms. The molecule has 1 aliphatic rings. The number of halogens is 1. The predicted octanol–water partition coefficient (Wildman–Crippen LogP) is 1.82. The summed E-state index contributed by atoms with van der Waals surface area (Å²) in [5.74, 6) is -0.422. The summed E-state index contributed by atoms with van der Waals surface area (Å²) in [4.78, 5) is 37.2. The lowest BCUT2D eigenvalue weighted by Gasteiger charge is -2.34. The summed E-state index contributed by atoms with van der Waals surface area (Å²) in [6.45, 7) is 4.95. The second-order valence-electron chi connectivity index (χ2n) is 6.19. The van der Waals surface area contributed by atoms with Crippen molar-refractivity contribution in [3.05, 3.63) is 22.6 Å². The van der Waals surface area contributed by atoms with Gasteiger partial charge >= 0.3 is 5.97 Å². The van der Waals surface area contributed by atoms with Crippen LogP contribution in [0, 0.1) is 11.8 Å². The van der Waals surface area contributed by atoms with Gasteiger partial charge in [-0.3, -0.25) is 14.4 Å². The zero-order valence-electron chi connectivity index (χ0n) is 13.7. The first-order valence-corrected chi connectivity index (χ1v) is 8.61. The molecule has 1 saturated heterocycles. The Morgan fingerprint density at radius 3 is 2.54 bits per heavy atom. The van der Waals surface area contributed by atoms with Crippen molar-refractivity contribution in [1.82, 2.24) is 10.2 Å². The molecule has 2 rings (SSSR count). The maximum atomic E-state index is 12.1. The molecule has 1 aliphatic heterocycles. The van der Waals surface area contributed by atoms with E-state index in [1.807, 2.05) is 0 Å². The number of carbonyl (C=O) groups excluding carboxylic acids is 3. The van der Waals surface area contributed by atoms with Gasteiger partial charge in [0.2, 0.25) is 0 Å². The van der Waals surface area contributed by atoms with Crippen molar-refractivity contribution in [3.8, 4) is 0 Å². The average molecular weight is 401 g/mol. The van der Waals surface area contributed by atoms with Crippen LogP contribution in [0.5, 0.6) is 0 Å². The number of hydrogen-bond donors (Lipinski definition) is 1. The molecule has 0 unspecified atom stereocenters. The van der Waals surface area contributed by atoms with Crippen molar-refractivity contribution >= 4 is 33.7 Å². The second kappa shape index (κ2) is 8.32. The Kier molecular flexibility index (Phi) is 6.42. The smallest absolute Gasteiger partial charge is 0.325 e. The Morgan fingerprint density at radius 1 is 1.29 bits per heavy atom. The van der Waals surface area contributed by atoms with Crippen LogP contribution in [0.1, 0.15) is 30.8 Å². The zero-order valence-corrected chi connectivity index (χ0v) is 15.3. The molecule has 8 heteroatoms. The fraction of sp³-hybridized carbons (Fsp3) is 0.562. The molecule has 132 valence electrons. The topological polar surface area (TPSA) is 88.9 Å². The molecule has 1 aromatic heterocycles. The van der Waals surface area contributed by atoms with Gasteiger partial charge in [0.15, 0.2) is 17.0 Å². The number of amides is 2. The van der Waals surface area contributed by atoms with Crippen LogP contribution in [-0.4, -0.2) is 48.9 Å². The summed E-state index contributed by atoms with van der Waals surface area (Å²) in [6.07, 6.45) is 1.10. The molecule has 0 radical (unpaired) electrons. The van der Waals surface area contributed by atoms with E-state index >= 15 is 0 Å². The molecule has 2 atom stereocenters. The second-order valence-corrected chi connectivity index (χ2v) is 6.97. The molecule has 0 aromatic carbocycles. The highest BCUT2D eigenvalue weighted by Crippen LogP contribution is 2.20. The number of likely N-dealkylation sites (tertiary alicyclic amines) is 1. The van der Waals surface area contributed by atoms with Crippen molar-refractivity contribution in [2.45, 2.75) is 20.3 Å². The van der Waals surface area contributed by atoms with E-state index in [1.165, 1.54) is 6.07 Å². The van der Waals surface area contributed by atoms with Gasteiger partial charge in [0, 0.05) is 13.1 Å². The van der Waals surface area contributed by atoms with E-state index in [1.54, 1.807) is 11.0 Å². The molecule has 2 heterocycles. The van der Waals surface area contributed by atoms with E-state index in [0.29, 0.717) is 29.6 Å². The van der Waals surface area contributed by atoms with Crippen LogP contribution < -0.4 is 5.32 Å². The summed E-state index contributed by atoms with van der Waals surface area (Å²) in [7, 11) is 0. The molecule has 24 heavy (non-hydrogen) atoms. The van der Waals surface area contributed by atoms with Gasteiger partial charge in [-0.1, -0.05) is 13.8 Å². The van der Waals surface area contributed by atoms with Crippen molar-refractivity contribution < 1.29 is 23.5 Å². The highest BCUT2D eigenvalue weighted by Gasteiger charge is 2.26. The van der Waals surface area contributed by atoms with Gasteiger partial charge < -0.3 is 19.4 Å². The highest BCUT2D eigenvalue weighted by molar-refractivity contribution is 9.10. The lowest BCUT2D eigenvalue weighted by molar-refractivity contribution is -0.152. The third-order valence-electron chi connectivity index (χ3n) is 3.77. The molecule has 1 fully saturated rings. The number of rotatable bonds is 5. The summed E-state index contributed by atoms with van der Waals surface area (Å²) >= 11 is 3.09. The average Bonchev–Trinajstić information content (AvgIpc) is 2.95. The zero-order chi connectivity index (χ0) is 17.7. The first kappa shape index (κ1) is 18.5. The predicted molar refractivity (Wildman–Crippen MR) is 89.2 cm³/mol. The fourth-order valence-electron chi connectivity index (χ4n) is 2.83. The number of ether oxygens (including phenoxy) is 1. The lowest BCUT2D eigenvalue weighted by atomic mass is 9.92. The number of nitrogens with one attached hydrogen (secondary N) is 1. The van der Waals surface area contributed by atoms with Crippen LogP contribution in [0.15, 0.2) is 21.2 Å². The van der Waals surface area contributed by atoms with E-state index in [0.717, 1.165) is 6.42 Å². The van der Waals surface area contributed by atoms with Crippen LogP contribution in [0.2, 0.25) is 0 Å². The van der Waals surface area contributed by atoms with Gasteiger partial charge in [-0.2, -0.15) is 0 Å². The Hall–Kier alpha value is -1.83. The van der Waals surface area contributed by atoms with Crippen LogP contribution in [0.4, 0.5) is 0 Å². The molecule has 0 bridgehead atoms. The Bertz CT molecular complexity index is 605. The third-order valence-corrected chi connectivity index (χ3v) is 4.19. The number of esters is 1. The Labute approximate surface area is 148 Å². The standard InChI is InChI=1S/C16H21BrN2O5/c1-10-5-11(2)8-19(7-10)14(20)9-23-15(21)6-18-16(22)12-3-4-13(17)24-12/h3-4,10-11H,5-9H2,1-2H3,(H,18,22)/t10-,11-/m1/s1. The van der Waals surface area contributed by atoms with E-state index in [-0.39, 0.29) is 24.8 Å². The van der Waals surface area contributed by atoms with Gasteiger partial charge in [-0.15, -0.1) is 0 Å². The Morgan fingerprint density at radius 2 is 1.96 bits per heavy atom. The number of piperidine rings is 1. The number of carbonyl (C=O) groups is 3. The SMILES string of the molecule is C[C@@H]1C[C@@H](C)CN(C(=O)COC(=O)CNC(=O)c2ccc(Br)o2)C1. The van der Waals surface area contributed by atoms with Gasteiger partial charge in [-0.05, 0) is 46.3 Å². The maximum absolute atomic E-state index is 12.1. The number of furan rings is 1. The summed E-state index contributed by atoms with van der Waals surface area (Å²) < 4.78 is 10.4. The van der Waals surface area contributed by atoms with Crippen LogP contribution in [0.25, 0.3) is 0 Å². The quantitative estimate of drug-likeness (QED) is 0.761. The first-order valence-electron chi connectivity index (χ1n) is 7.82. The normalized spacial score (nSPS) is 20.5. The van der Waals surface area contributed by atoms with E-state index < -0.39 is 11.9 Å². The molecule has 1 N–H and O–H groups in total. The highest BCUT2D eigenvalue weighted by atomic mass is 79.9. The van der Waals surface area contributed by atoms with E-state index in [2.05, 4.69) is 35.1 Å². The number of nitrogens with zero attached hydrogens (tertiary/aromatic N) is 1. The van der Waals surface area contributed by atoms with Crippen molar-refractivity contribution in [2.24, 2.45) is 11.8 Å². The molecule has 0 aliphatic carbocycles. The molecule has 2 amide bonds. The molecule has 7 nitrogen and oxygen atoms in total. The summed E-state index contributed by atoms with van der Waals surface area (Å²) in [5.41, 5.74) is 0. The van der Waals surface area contributed by atoms with Crippen LogP contribution in [0.3, 0.4) is 0 Å². The monoisotopic (exact) mass is 400 g/mol. The van der Waals surface area contributed by atoms with Crippen molar-refractivity contribution in [2.75, 3.05) is 26.2 Å². The van der Waals surface area contributed by atoms with E-state index in [4.69, 9.17) is 9.15 Å². The molecule has 1 aromatic rings. The van der Waals surface area contributed by atoms with Gasteiger partial charge in [0.25, 0.3) is 11.8 Å².